The third-order valence-electron chi connectivity index (χ3n) is 8.71. The number of carbonyl (C=O) groups excluding carboxylic acids is 5. The number of ketones is 4. The van der Waals surface area contributed by atoms with Gasteiger partial charge in [0.1, 0.15) is 5.75 Å². The zero-order chi connectivity index (χ0) is 29.1. The van der Waals surface area contributed by atoms with Gasteiger partial charge < -0.3 is 21.3 Å². The molecule has 208 valence electrons. The van der Waals surface area contributed by atoms with Crippen molar-refractivity contribution in [2.45, 2.75) is 31.4 Å². The van der Waals surface area contributed by atoms with Crippen LogP contribution in [0.15, 0.2) is 60.9 Å². The predicted octanol–water partition coefficient (Wildman–Crippen LogP) is 2.00. The van der Waals surface area contributed by atoms with Crippen LogP contribution >= 0.6 is 0 Å². The van der Waals surface area contributed by atoms with Crippen LogP contribution in [0, 0.1) is 23.7 Å². The number of rotatable bonds is 5. The number of hydrogen-bond acceptors (Lipinski definition) is 9. The molecule has 0 spiro atoms. The second kappa shape index (κ2) is 9.74. The highest BCUT2D eigenvalue weighted by molar-refractivity contribution is 6.31. The van der Waals surface area contributed by atoms with Crippen molar-refractivity contribution in [1.29, 1.82) is 0 Å². The molecule has 0 aliphatic heterocycles. The molecule has 0 bridgehead atoms. The number of aromatic nitrogens is 1. The van der Waals surface area contributed by atoms with Gasteiger partial charge in [0.15, 0.2) is 34.7 Å². The summed E-state index contributed by atoms with van der Waals surface area (Å²) < 4.78 is 0. The van der Waals surface area contributed by atoms with Crippen LogP contribution in [0.2, 0.25) is 0 Å². The summed E-state index contributed by atoms with van der Waals surface area (Å²) in [6, 6.07) is 14.6. The van der Waals surface area contributed by atoms with Gasteiger partial charge in [0, 0.05) is 31.3 Å². The molecule has 0 saturated heterocycles. The van der Waals surface area contributed by atoms with E-state index in [1.165, 1.54) is 6.07 Å². The maximum atomic E-state index is 13.8. The molecule has 5 atom stereocenters. The van der Waals surface area contributed by atoms with Crippen LogP contribution in [-0.2, 0) is 32.1 Å². The van der Waals surface area contributed by atoms with Crippen LogP contribution in [-0.4, -0.2) is 49.8 Å². The smallest absolute Gasteiger partial charge is 0.235 e. The van der Waals surface area contributed by atoms with E-state index in [-0.39, 0.29) is 30.6 Å². The van der Waals surface area contributed by atoms with Gasteiger partial charge in [-0.05, 0) is 59.2 Å². The number of Topliss-reactive ketones (excluding diaryl/α,β-unsaturated/α-hetero) is 4. The third-order valence-corrected chi connectivity index (χ3v) is 8.71. The standard InChI is InChI=1S/C31H27N3O7/c32-30(40)26-23(36)12-18-10-17-11-21-20(16-5-3-15(4-6-16)13-34-19-2-1-9-33-14-19)7-8-22(35)25(21)27(37)24(17)28(38)31(18,41)29(26)39/h1-9,14,17-18,24,26,34-35,41H,10-13H2,(H2,32,40)/t17-,18+,24?,26?,31+/m1/s1. The summed E-state index contributed by atoms with van der Waals surface area (Å²) in [7, 11) is 0. The minimum absolute atomic E-state index is 0.0211. The highest BCUT2D eigenvalue weighted by Gasteiger charge is 2.66. The van der Waals surface area contributed by atoms with Crippen LogP contribution in [0.3, 0.4) is 0 Å². The van der Waals surface area contributed by atoms with Gasteiger partial charge in [-0.2, -0.15) is 0 Å². The molecule has 0 radical (unpaired) electrons. The van der Waals surface area contributed by atoms with Gasteiger partial charge in [-0.1, -0.05) is 30.3 Å². The number of pyridine rings is 1. The van der Waals surface area contributed by atoms with E-state index in [0.717, 1.165) is 16.8 Å². The number of nitrogens with zero attached hydrogens (tertiary/aromatic N) is 1. The van der Waals surface area contributed by atoms with Crippen molar-refractivity contribution in [2.24, 2.45) is 29.4 Å². The van der Waals surface area contributed by atoms with E-state index in [1.54, 1.807) is 18.5 Å². The van der Waals surface area contributed by atoms with Gasteiger partial charge >= 0.3 is 0 Å². The average molecular weight is 554 g/mol. The van der Waals surface area contributed by atoms with Gasteiger partial charge in [-0.3, -0.25) is 29.0 Å². The van der Waals surface area contributed by atoms with Crippen molar-refractivity contribution in [3.05, 3.63) is 77.6 Å². The predicted molar refractivity (Wildman–Crippen MR) is 146 cm³/mol. The molecule has 6 rings (SSSR count). The summed E-state index contributed by atoms with van der Waals surface area (Å²) in [5.74, 6) is -10.2. The Kier molecular flexibility index (Phi) is 6.30. The Labute approximate surface area is 234 Å². The number of amides is 1. The number of nitrogens with two attached hydrogens (primary N) is 1. The van der Waals surface area contributed by atoms with E-state index >= 15 is 0 Å². The number of primary amides is 1. The molecule has 2 fully saturated rings. The fourth-order valence-corrected chi connectivity index (χ4v) is 6.71. The Hall–Kier alpha value is -4.70. The van der Waals surface area contributed by atoms with Gasteiger partial charge in [-0.25, -0.2) is 0 Å². The van der Waals surface area contributed by atoms with E-state index in [0.29, 0.717) is 17.7 Å². The van der Waals surface area contributed by atoms with E-state index in [2.05, 4.69) is 10.3 Å². The average Bonchev–Trinajstić information content (AvgIpc) is 2.95. The SMILES string of the molecule is NC(=O)C1C(=O)C[C@@H]2C[C@@H]3Cc4c(-c5ccc(CNc6cccnc6)cc5)ccc(O)c4C(=O)C3C(=O)[C@]2(O)C1=O. The molecule has 2 aromatic carbocycles. The molecule has 3 aliphatic rings. The lowest BCUT2D eigenvalue weighted by Gasteiger charge is -2.48. The van der Waals surface area contributed by atoms with Crippen molar-refractivity contribution in [3.63, 3.8) is 0 Å². The Bertz CT molecular complexity index is 1620. The van der Waals surface area contributed by atoms with E-state index in [1.807, 2.05) is 36.4 Å². The zero-order valence-corrected chi connectivity index (χ0v) is 21.9. The molecule has 5 N–H and O–H groups in total. The maximum Gasteiger partial charge on any atom is 0.235 e. The summed E-state index contributed by atoms with van der Waals surface area (Å²) in [4.78, 5) is 68.9. The van der Waals surface area contributed by atoms with Crippen LogP contribution in [0.1, 0.15) is 34.3 Å². The Morgan fingerprint density at radius 1 is 1.02 bits per heavy atom. The number of aromatic hydroxyl groups is 1. The summed E-state index contributed by atoms with van der Waals surface area (Å²) >= 11 is 0. The number of hydrogen-bond donors (Lipinski definition) is 4. The molecular weight excluding hydrogens is 526 g/mol. The second-order valence-corrected chi connectivity index (χ2v) is 11.0. The largest absolute Gasteiger partial charge is 0.507 e. The molecule has 1 aromatic heterocycles. The molecular formula is C31H27N3O7. The molecule has 10 heteroatoms. The zero-order valence-electron chi connectivity index (χ0n) is 21.9. The number of carbonyl (C=O) groups is 5. The van der Waals surface area contributed by atoms with Crippen LogP contribution in [0.25, 0.3) is 11.1 Å². The number of phenolic OH excluding ortho intramolecular Hbond substituents is 1. The molecule has 1 heterocycles. The van der Waals surface area contributed by atoms with Crippen molar-refractivity contribution in [1.82, 2.24) is 4.98 Å². The van der Waals surface area contributed by atoms with Crippen LogP contribution < -0.4 is 11.1 Å². The molecule has 41 heavy (non-hydrogen) atoms. The Morgan fingerprint density at radius 2 is 1.78 bits per heavy atom. The minimum Gasteiger partial charge on any atom is -0.507 e. The topological polar surface area (TPSA) is 177 Å². The molecule has 1 amide bonds. The van der Waals surface area contributed by atoms with Gasteiger partial charge in [-0.15, -0.1) is 0 Å². The van der Waals surface area contributed by atoms with Crippen LogP contribution in [0.4, 0.5) is 5.69 Å². The monoisotopic (exact) mass is 553 g/mol. The molecule has 10 nitrogen and oxygen atoms in total. The fraction of sp³-hybridized carbons (Fsp3) is 0.290. The maximum absolute atomic E-state index is 13.8. The van der Waals surface area contributed by atoms with Crippen molar-refractivity contribution < 1.29 is 34.2 Å². The van der Waals surface area contributed by atoms with Crippen LogP contribution in [0.5, 0.6) is 5.75 Å². The first-order chi connectivity index (χ1) is 19.6. The third kappa shape index (κ3) is 4.13. The first-order valence-corrected chi connectivity index (χ1v) is 13.4. The lowest BCUT2D eigenvalue weighted by molar-refractivity contribution is -0.175. The quantitative estimate of drug-likeness (QED) is 0.344. The number of aliphatic hydroxyl groups is 1. The van der Waals surface area contributed by atoms with Gasteiger partial charge in [0.25, 0.3) is 0 Å². The highest BCUT2D eigenvalue weighted by atomic mass is 16.3. The second-order valence-electron chi connectivity index (χ2n) is 11.0. The highest BCUT2D eigenvalue weighted by Crippen LogP contribution is 2.51. The van der Waals surface area contributed by atoms with E-state index in [4.69, 9.17) is 5.73 Å². The first kappa shape index (κ1) is 26.5. The fourth-order valence-electron chi connectivity index (χ4n) is 6.71. The first-order valence-electron chi connectivity index (χ1n) is 13.4. The lowest BCUT2D eigenvalue weighted by Crippen LogP contribution is -2.68. The van der Waals surface area contributed by atoms with Crippen molar-refractivity contribution >= 4 is 34.7 Å². The molecule has 3 aromatic rings. The minimum atomic E-state index is -2.66. The Balaban J connectivity index is 1.32. The van der Waals surface area contributed by atoms with Crippen molar-refractivity contribution in [2.75, 3.05) is 5.32 Å². The van der Waals surface area contributed by atoms with Gasteiger partial charge in [0.2, 0.25) is 5.91 Å². The van der Waals surface area contributed by atoms with E-state index in [9.17, 15) is 34.2 Å². The summed E-state index contributed by atoms with van der Waals surface area (Å²) in [5, 5.41) is 25.3. The number of nitrogens with one attached hydrogen (secondary N) is 1. The summed E-state index contributed by atoms with van der Waals surface area (Å²) in [5.41, 5.74) is 6.55. The Morgan fingerprint density at radius 3 is 2.46 bits per heavy atom. The number of fused-ring (bicyclic) bond motifs is 3. The molecule has 2 saturated carbocycles. The summed E-state index contributed by atoms with van der Waals surface area (Å²) in [6.07, 6.45) is 3.33. The molecule has 3 aliphatic carbocycles. The number of benzene rings is 2. The number of phenols is 1. The number of anilines is 1. The lowest BCUT2D eigenvalue weighted by atomic mass is 9.53. The van der Waals surface area contributed by atoms with E-state index < -0.39 is 58.3 Å². The normalized spacial score (nSPS) is 27.0. The van der Waals surface area contributed by atoms with Gasteiger partial charge in [0.05, 0.1) is 17.2 Å². The van der Waals surface area contributed by atoms with Crippen molar-refractivity contribution in [3.8, 4) is 16.9 Å². The summed E-state index contributed by atoms with van der Waals surface area (Å²) in [6.45, 7) is 0.572. The molecule has 2 unspecified atom stereocenters.